The summed E-state index contributed by atoms with van der Waals surface area (Å²) in [6.45, 7) is 0.580. The van der Waals surface area contributed by atoms with Gasteiger partial charge in [0.15, 0.2) is 11.5 Å². The summed E-state index contributed by atoms with van der Waals surface area (Å²) >= 11 is 11.8. The second-order valence-electron chi connectivity index (χ2n) is 5.43. The molecule has 1 heterocycles. The number of hydrogen-bond donors (Lipinski definition) is 1. The van der Waals surface area contributed by atoms with Crippen LogP contribution in [0.3, 0.4) is 0 Å². The highest BCUT2D eigenvalue weighted by Crippen LogP contribution is 2.32. The average molecular weight is 395 g/mol. The van der Waals surface area contributed by atoms with Crippen molar-refractivity contribution in [1.29, 1.82) is 0 Å². The summed E-state index contributed by atoms with van der Waals surface area (Å²) in [5.74, 6) is 1.70. The van der Waals surface area contributed by atoms with Crippen molar-refractivity contribution in [2.45, 2.75) is 12.8 Å². The van der Waals surface area contributed by atoms with Crippen LogP contribution in [0.15, 0.2) is 41.5 Å². The topological polar surface area (TPSA) is 69.2 Å². The number of benzene rings is 2. The molecule has 8 heteroatoms. The number of fused-ring (bicyclic) bond motifs is 1. The molecule has 2 aromatic carbocycles. The molecule has 1 aliphatic heterocycles. The minimum absolute atomic E-state index is 0.201. The maximum atomic E-state index is 11.8. The molecular weight excluding hydrogens is 379 g/mol. The maximum absolute atomic E-state index is 11.8. The number of amides is 1. The molecule has 1 amide bonds. The summed E-state index contributed by atoms with van der Waals surface area (Å²) in [5, 5.41) is 4.91. The molecule has 3 rings (SSSR count). The molecule has 0 saturated heterocycles. The van der Waals surface area contributed by atoms with Gasteiger partial charge in [0.2, 0.25) is 12.7 Å². The van der Waals surface area contributed by atoms with E-state index >= 15 is 0 Å². The number of nitrogens with one attached hydrogen (secondary N) is 1. The molecule has 136 valence electrons. The first-order chi connectivity index (χ1) is 12.6. The van der Waals surface area contributed by atoms with Crippen molar-refractivity contribution in [3.8, 4) is 17.2 Å². The molecule has 0 spiro atoms. The lowest BCUT2D eigenvalue weighted by molar-refractivity contribution is -0.121. The highest BCUT2D eigenvalue weighted by molar-refractivity contribution is 6.35. The van der Waals surface area contributed by atoms with Crippen LogP contribution < -0.4 is 19.6 Å². The van der Waals surface area contributed by atoms with Crippen LogP contribution in [0.25, 0.3) is 0 Å². The van der Waals surface area contributed by atoms with Crippen molar-refractivity contribution in [3.63, 3.8) is 0 Å². The minimum atomic E-state index is -0.201. The van der Waals surface area contributed by atoms with Gasteiger partial charge in [0.25, 0.3) is 0 Å². The Hall–Kier alpha value is -2.44. The van der Waals surface area contributed by atoms with Gasteiger partial charge in [0.1, 0.15) is 5.75 Å². The van der Waals surface area contributed by atoms with Gasteiger partial charge in [0, 0.05) is 11.4 Å². The highest BCUT2D eigenvalue weighted by Gasteiger charge is 2.12. The minimum Gasteiger partial charge on any atom is -0.492 e. The number of ether oxygens (including phenoxy) is 3. The fraction of sp³-hybridized carbons (Fsp3) is 0.222. The highest BCUT2D eigenvalue weighted by atomic mass is 35.5. The zero-order chi connectivity index (χ0) is 18.4. The van der Waals surface area contributed by atoms with Gasteiger partial charge < -0.3 is 14.2 Å². The van der Waals surface area contributed by atoms with Gasteiger partial charge in [-0.1, -0.05) is 23.2 Å². The molecule has 1 N–H and O–H groups in total. The Balaban J connectivity index is 1.37. The van der Waals surface area contributed by atoms with Crippen LogP contribution in [-0.4, -0.2) is 25.5 Å². The first kappa shape index (κ1) is 18.4. The third-order valence-corrected chi connectivity index (χ3v) is 4.03. The Kier molecular flexibility index (Phi) is 6.20. The third kappa shape index (κ3) is 5.03. The molecule has 0 saturated carbocycles. The maximum Gasteiger partial charge on any atom is 0.240 e. The molecule has 0 unspecified atom stereocenters. The van der Waals surface area contributed by atoms with Crippen LogP contribution in [0.2, 0.25) is 10.0 Å². The molecule has 1 aliphatic rings. The fourth-order valence-corrected chi connectivity index (χ4v) is 2.70. The van der Waals surface area contributed by atoms with Gasteiger partial charge in [-0.2, -0.15) is 5.10 Å². The van der Waals surface area contributed by atoms with E-state index in [0.717, 1.165) is 5.56 Å². The summed E-state index contributed by atoms with van der Waals surface area (Å²) < 4.78 is 16.0. The summed E-state index contributed by atoms with van der Waals surface area (Å²) in [6.07, 6.45) is 2.36. The largest absolute Gasteiger partial charge is 0.492 e. The molecule has 2 aromatic rings. The van der Waals surface area contributed by atoms with Crippen LogP contribution in [0, 0.1) is 0 Å². The van der Waals surface area contributed by atoms with Gasteiger partial charge in [-0.25, -0.2) is 5.43 Å². The number of hydrogen-bond acceptors (Lipinski definition) is 5. The first-order valence-corrected chi connectivity index (χ1v) is 8.67. The van der Waals surface area contributed by atoms with Crippen molar-refractivity contribution in [1.82, 2.24) is 5.43 Å². The van der Waals surface area contributed by atoms with E-state index < -0.39 is 0 Å². The Bertz CT molecular complexity index is 827. The number of rotatable bonds is 7. The van der Waals surface area contributed by atoms with E-state index in [1.807, 2.05) is 6.07 Å². The molecule has 0 bridgehead atoms. The molecule has 0 radical (unpaired) electrons. The standard InChI is InChI=1S/C18H16Cl2N2O4/c19-13-4-6-15(14(20)9-13)24-7-1-2-18(23)22-21-10-12-3-5-16-17(8-12)26-11-25-16/h3-6,8-10H,1-2,7,11H2,(H,22,23). The lowest BCUT2D eigenvalue weighted by Gasteiger charge is -2.07. The van der Waals surface area contributed by atoms with Gasteiger partial charge in [-0.3, -0.25) is 4.79 Å². The van der Waals surface area contributed by atoms with Gasteiger partial charge in [-0.05, 0) is 48.4 Å². The number of carbonyl (C=O) groups excluding carboxylic acids is 1. The number of hydrazone groups is 1. The van der Waals surface area contributed by atoms with Crippen LogP contribution >= 0.6 is 23.2 Å². The van der Waals surface area contributed by atoms with Crippen molar-refractivity contribution in [3.05, 3.63) is 52.0 Å². The molecule has 0 atom stereocenters. The average Bonchev–Trinajstić information content (AvgIpc) is 3.08. The second-order valence-corrected chi connectivity index (χ2v) is 6.28. The third-order valence-electron chi connectivity index (χ3n) is 3.50. The number of nitrogens with zero attached hydrogens (tertiary/aromatic N) is 1. The quantitative estimate of drug-likeness (QED) is 0.437. The lowest BCUT2D eigenvalue weighted by Crippen LogP contribution is -2.18. The zero-order valence-electron chi connectivity index (χ0n) is 13.7. The van der Waals surface area contributed by atoms with E-state index in [1.165, 1.54) is 0 Å². The molecule has 0 aliphatic carbocycles. The van der Waals surface area contributed by atoms with Crippen LogP contribution in [0.4, 0.5) is 0 Å². The van der Waals surface area contributed by atoms with Gasteiger partial charge >= 0.3 is 0 Å². The molecule has 6 nitrogen and oxygen atoms in total. The fourth-order valence-electron chi connectivity index (χ4n) is 2.24. The van der Waals surface area contributed by atoms with E-state index in [0.29, 0.717) is 40.3 Å². The van der Waals surface area contributed by atoms with E-state index in [4.69, 9.17) is 37.4 Å². The second kappa shape index (κ2) is 8.78. The van der Waals surface area contributed by atoms with E-state index in [2.05, 4.69) is 10.5 Å². The SMILES string of the molecule is O=C(CCCOc1ccc(Cl)cc1Cl)NN=Cc1ccc2c(c1)OCO2. The smallest absolute Gasteiger partial charge is 0.240 e. The summed E-state index contributed by atoms with van der Waals surface area (Å²) in [6, 6.07) is 10.4. The molecule has 26 heavy (non-hydrogen) atoms. The van der Waals surface area contributed by atoms with Crippen LogP contribution in [0.5, 0.6) is 17.2 Å². The predicted molar refractivity (Wildman–Crippen MR) is 99.5 cm³/mol. The first-order valence-electron chi connectivity index (χ1n) is 7.91. The summed E-state index contributed by atoms with van der Waals surface area (Å²) in [5.41, 5.74) is 3.28. The summed E-state index contributed by atoms with van der Waals surface area (Å²) in [4.78, 5) is 11.8. The molecule has 0 aromatic heterocycles. The lowest BCUT2D eigenvalue weighted by atomic mass is 10.2. The van der Waals surface area contributed by atoms with Crippen molar-refractivity contribution in [2.24, 2.45) is 5.10 Å². The van der Waals surface area contributed by atoms with E-state index in [-0.39, 0.29) is 19.1 Å². The Morgan fingerprint density at radius 3 is 2.88 bits per heavy atom. The van der Waals surface area contributed by atoms with Crippen molar-refractivity contribution in [2.75, 3.05) is 13.4 Å². The zero-order valence-corrected chi connectivity index (χ0v) is 15.2. The Morgan fingerprint density at radius 2 is 2.04 bits per heavy atom. The number of halogens is 2. The Morgan fingerprint density at radius 1 is 1.19 bits per heavy atom. The summed E-state index contributed by atoms with van der Waals surface area (Å²) in [7, 11) is 0. The van der Waals surface area contributed by atoms with Crippen molar-refractivity contribution < 1.29 is 19.0 Å². The molecule has 0 fully saturated rings. The normalized spacial score (nSPS) is 12.4. The monoisotopic (exact) mass is 394 g/mol. The van der Waals surface area contributed by atoms with Crippen LogP contribution in [0.1, 0.15) is 18.4 Å². The number of carbonyl (C=O) groups is 1. The predicted octanol–water partition coefficient (Wildman–Crippen LogP) is 4.03. The van der Waals surface area contributed by atoms with Crippen LogP contribution in [-0.2, 0) is 4.79 Å². The van der Waals surface area contributed by atoms with Gasteiger partial charge in [0.05, 0.1) is 17.8 Å². The Labute approximate surface area is 160 Å². The molecular formula is C18H16Cl2N2O4. The van der Waals surface area contributed by atoms with Crippen molar-refractivity contribution >= 4 is 35.3 Å². The van der Waals surface area contributed by atoms with Gasteiger partial charge in [-0.15, -0.1) is 0 Å². The van der Waals surface area contributed by atoms with E-state index in [9.17, 15) is 4.79 Å². The van der Waals surface area contributed by atoms with E-state index in [1.54, 1.807) is 36.5 Å².